The molecule has 0 radical (unpaired) electrons. The highest BCUT2D eigenvalue weighted by atomic mass is 35.5. The maximum absolute atomic E-state index is 12.4. The van der Waals surface area contributed by atoms with Crippen molar-refractivity contribution < 1.29 is 9.59 Å². The molecule has 0 aliphatic rings. The van der Waals surface area contributed by atoms with Crippen molar-refractivity contribution in [2.75, 3.05) is 13.1 Å². The Morgan fingerprint density at radius 1 is 1.12 bits per heavy atom. The van der Waals surface area contributed by atoms with Crippen LogP contribution >= 0.6 is 23.2 Å². The predicted molar refractivity (Wildman–Crippen MR) is 99.1 cm³/mol. The highest BCUT2D eigenvalue weighted by molar-refractivity contribution is 6.42. The van der Waals surface area contributed by atoms with Crippen LogP contribution in [-0.4, -0.2) is 30.7 Å². The number of aliphatic imine (C=N–C) groups is 1. The first-order valence-corrected chi connectivity index (χ1v) is 8.84. The molecule has 0 fully saturated rings. The van der Waals surface area contributed by atoms with Crippen LogP contribution in [0.25, 0.3) is 0 Å². The normalized spacial score (nSPS) is 11.2. The van der Waals surface area contributed by atoms with Crippen molar-refractivity contribution in [2.45, 2.75) is 39.5 Å². The van der Waals surface area contributed by atoms with E-state index in [2.05, 4.69) is 15.6 Å². The third kappa shape index (κ3) is 6.89. The summed E-state index contributed by atoms with van der Waals surface area (Å²) in [6.07, 6.45) is 3.62. The van der Waals surface area contributed by atoms with Crippen LogP contribution in [-0.2, 0) is 4.79 Å². The number of unbranched alkanes of at least 4 members (excludes halogenated alkanes) is 2. The number of carbonyl (C=O) groups is 2. The van der Waals surface area contributed by atoms with Gasteiger partial charge in [-0.15, -0.1) is 0 Å². The lowest BCUT2D eigenvalue weighted by Gasteiger charge is -2.11. The van der Waals surface area contributed by atoms with E-state index in [4.69, 9.17) is 23.2 Å². The Bertz CT molecular complexity index is 603. The Labute approximate surface area is 152 Å². The molecule has 5 nitrogen and oxygen atoms in total. The van der Waals surface area contributed by atoms with E-state index >= 15 is 0 Å². The zero-order chi connectivity index (χ0) is 17.9. The fourth-order valence-corrected chi connectivity index (χ4v) is 2.32. The lowest BCUT2D eigenvalue weighted by Crippen LogP contribution is -2.43. The summed E-state index contributed by atoms with van der Waals surface area (Å²) in [7, 11) is 0. The molecule has 0 aliphatic carbocycles. The first-order valence-electron chi connectivity index (χ1n) is 8.08. The number of hydrogen-bond acceptors (Lipinski definition) is 3. The summed E-state index contributed by atoms with van der Waals surface area (Å²) in [6, 6.07) is 4.56. The second-order valence-electron chi connectivity index (χ2n) is 5.27. The van der Waals surface area contributed by atoms with Gasteiger partial charge in [0, 0.05) is 18.1 Å². The van der Waals surface area contributed by atoms with Crippen LogP contribution in [0.5, 0.6) is 0 Å². The second-order valence-corrected chi connectivity index (χ2v) is 6.12. The van der Waals surface area contributed by atoms with Crippen LogP contribution < -0.4 is 10.6 Å². The topological polar surface area (TPSA) is 70.6 Å². The highest BCUT2D eigenvalue weighted by Crippen LogP contribution is 2.20. The van der Waals surface area contributed by atoms with Gasteiger partial charge in [0.05, 0.1) is 10.6 Å². The van der Waals surface area contributed by atoms with E-state index in [-0.39, 0.29) is 16.4 Å². The van der Waals surface area contributed by atoms with Crippen molar-refractivity contribution in [1.29, 1.82) is 0 Å². The molecule has 0 unspecified atom stereocenters. The molecular weight excluding hydrogens is 349 g/mol. The van der Waals surface area contributed by atoms with Crippen molar-refractivity contribution >= 4 is 40.9 Å². The van der Waals surface area contributed by atoms with Crippen LogP contribution in [0.15, 0.2) is 23.2 Å². The van der Waals surface area contributed by atoms with E-state index in [9.17, 15) is 9.59 Å². The summed E-state index contributed by atoms with van der Waals surface area (Å²) in [5, 5.41) is 5.96. The maximum atomic E-state index is 12.4. The Hall–Kier alpha value is -1.59. The third-order valence-corrected chi connectivity index (χ3v) is 3.77. The number of carbonyl (C=O) groups excluding carboxylic acids is 2. The molecule has 1 aromatic carbocycles. The van der Waals surface area contributed by atoms with Gasteiger partial charge in [-0.1, -0.05) is 49.9 Å². The molecular formula is C17H23Cl2N3O2. The van der Waals surface area contributed by atoms with Crippen LogP contribution in [0, 0.1) is 0 Å². The molecule has 132 valence electrons. The largest absolute Gasteiger partial charge is 0.349 e. The Kier molecular flexibility index (Phi) is 9.42. The highest BCUT2D eigenvalue weighted by Gasteiger charge is 2.17. The minimum absolute atomic E-state index is 0.00979. The summed E-state index contributed by atoms with van der Waals surface area (Å²) in [4.78, 5) is 28.8. The summed E-state index contributed by atoms with van der Waals surface area (Å²) < 4.78 is 0. The van der Waals surface area contributed by atoms with Gasteiger partial charge in [0.15, 0.2) is 5.84 Å². The molecule has 1 rings (SSSR count). The molecule has 0 aliphatic heterocycles. The van der Waals surface area contributed by atoms with E-state index in [0.29, 0.717) is 18.1 Å². The fourth-order valence-electron chi connectivity index (χ4n) is 1.83. The number of hydrogen-bond donors (Lipinski definition) is 2. The van der Waals surface area contributed by atoms with E-state index in [1.54, 1.807) is 6.07 Å². The molecule has 0 aromatic heterocycles. The standard InChI is InChI=1S/C17H23Cl2N3O2/c1-3-5-9-20-15(17(24)21-10-6-4-2)22-16(23)13-8-7-12(18)11-14(13)19/h7-8,11H,3-6,9-10H2,1-2H3,(H,21,24)(H,20,22,23). The van der Waals surface area contributed by atoms with E-state index < -0.39 is 11.8 Å². The minimum atomic E-state index is -0.488. The number of nitrogens with one attached hydrogen (secondary N) is 2. The molecule has 0 heterocycles. The van der Waals surface area contributed by atoms with E-state index in [1.807, 2.05) is 13.8 Å². The molecule has 24 heavy (non-hydrogen) atoms. The molecule has 0 saturated carbocycles. The van der Waals surface area contributed by atoms with Crippen LogP contribution in [0.3, 0.4) is 0 Å². The lowest BCUT2D eigenvalue weighted by atomic mass is 10.2. The van der Waals surface area contributed by atoms with Gasteiger partial charge in [-0.25, -0.2) is 0 Å². The minimum Gasteiger partial charge on any atom is -0.349 e. The fraction of sp³-hybridized carbons (Fsp3) is 0.471. The van der Waals surface area contributed by atoms with Gasteiger partial charge >= 0.3 is 0 Å². The van der Waals surface area contributed by atoms with Crippen LogP contribution in [0.4, 0.5) is 0 Å². The second kappa shape index (κ2) is 11.0. The zero-order valence-corrected chi connectivity index (χ0v) is 15.5. The third-order valence-electron chi connectivity index (χ3n) is 3.22. The van der Waals surface area contributed by atoms with Crippen LogP contribution in [0.2, 0.25) is 10.0 Å². The zero-order valence-electron chi connectivity index (χ0n) is 14.0. The van der Waals surface area contributed by atoms with Gasteiger partial charge in [0.1, 0.15) is 0 Å². The Balaban J connectivity index is 2.84. The van der Waals surface area contributed by atoms with Gasteiger partial charge in [0.25, 0.3) is 11.8 Å². The van der Waals surface area contributed by atoms with Crippen molar-refractivity contribution in [3.63, 3.8) is 0 Å². The monoisotopic (exact) mass is 371 g/mol. The molecule has 0 saturated heterocycles. The van der Waals surface area contributed by atoms with Gasteiger partial charge in [0.2, 0.25) is 0 Å². The summed E-state index contributed by atoms with van der Waals surface area (Å²) in [5.41, 5.74) is 0.241. The van der Waals surface area contributed by atoms with Gasteiger partial charge < -0.3 is 10.6 Å². The average Bonchev–Trinajstić information content (AvgIpc) is 2.54. The summed E-state index contributed by atoms with van der Waals surface area (Å²) in [5.74, 6) is -0.869. The van der Waals surface area contributed by atoms with Crippen molar-refractivity contribution in [1.82, 2.24) is 10.6 Å². The number of rotatable bonds is 7. The van der Waals surface area contributed by atoms with E-state index in [0.717, 1.165) is 25.7 Å². The number of nitrogens with zero attached hydrogens (tertiary/aromatic N) is 1. The molecule has 0 atom stereocenters. The van der Waals surface area contributed by atoms with Crippen molar-refractivity contribution in [3.8, 4) is 0 Å². The molecule has 2 amide bonds. The van der Waals surface area contributed by atoms with Crippen molar-refractivity contribution in [3.05, 3.63) is 33.8 Å². The lowest BCUT2D eigenvalue weighted by molar-refractivity contribution is -0.115. The average molecular weight is 372 g/mol. The number of benzene rings is 1. The molecule has 7 heteroatoms. The Morgan fingerprint density at radius 2 is 1.83 bits per heavy atom. The van der Waals surface area contributed by atoms with Crippen molar-refractivity contribution in [2.24, 2.45) is 4.99 Å². The quantitative estimate of drug-likeness (QED) is 0.434. The number of amidine groups is 1. The predicted octanol–water partition coefficient (Wildman–Crippen LogP) is 3.84. The van der Waals surface area contributed by atoms with Gasteiger partial charge in [-0.05, 0) is 31.0 Å². The molecule has 1 aromatic rings. The molecule has 0 spiro atoms. The SMILES string of the molecule is CCCCN=C(NC(=O)c1ccc(Cl)cc1Cl)C(=O)NCCCC. The summed E-state index contributed by atoms with van der Waals surface area (Å²) in [6.45, 7) is 5.08. The smallest absolute Gasteiger partial charge is 0.286 e. The Morgan fingerprint density at radius 3 is 2.46 bits per heavy atom. The van der Waals surface area contributed by atoms with Crippen LogP contribution in [0.1, 0.15) is 49.9 Å². The molecule has 2 N–H and O–H groups in total. The van der Waals surface area contributed by atoms with E-state index in [1.165, 1.54) is 12.1 Å². The van der Waals surface area contributed by atoms with Gasteiger partial charge in [-0.2, -0.15) is 0 Å². The van der Waals surface area contributed by atoms with Gasteiger partial charge in [-0.3, -0.25) is 14.6 Å². The molecule has 0 bridgehead atoms. The number of halogens is 2. The maximum Gasteiger partial charge on any atom is 0.286 e. The first-order chi connectivity index (χ1) is 11.5. The first kappa shape index (κ1) is 20.5. The summed E-state index contributed by atoms with van der Waals surface area (Å²) >= 11 is 11.9. The number of amides is 2.